The highest BCUT2D eigenvalue weighted by atomic mass is 31.0. The molecule has 0 aromatic heterocycles. The third-order valence-electron chi connectivity index (χ3n) is 0. The van der Waals surface area contributed by atoms with E-state index in [-0.39, 0.29) is 49.5 Å². The van der Waals surface area contributed by atoms with Gasteiger partial charge in [-0.2, -0.15) is 9.90 Å². The molecule has 0 N–H and O–H groups in total. The standard InChI is InChI=1S/3CH4.CH3.2Al.H3P.5H/h3*1H4;1H3;;;1H3;;;;;. The summed E-state index contributed by atoms with van der Waals surface area (Å²) >= 11 is 1.31. The summed E-state index contributed by atoms with van der Waals surface area (Å²) in [7, 11) is 0. The molecular formula is C4H23Al2P. The third kappa shape index (κ3) is 101. The summed E-state index contributed by atoms with van der Waals surface area (Å²) in [6, 6.07) is 0. The second-order valence-corrected chi connectivity index (χ2v) is 0. The van der Waals surface area contributed by atoms with Crippen molar-refractivity contribution >= 4 is 43.6 Å². The van der Waals surface area contributed by atoms with Gasteiger partial charge in [0.2, 0.25) is 16.3 Å². The van der Waals surface area contributed by atoms with Crippen LogP contribution in [0.3, 0.4) is 0 Å². The van der Waals surface area contributed by atoms with Gasteiger partial charge in [0, 0.05) is 0 Å². The van der Waals surface area contributed by atoms with Crippen LogP contribution in [-0.4, -0.2) is 33.7 Å². The Morgan fingerprint density at radius 1 is 0.857 bits per heavy atom. The van der Waals surface area contributed by atoms with Crippen molar-refractivity contribution < 1.29 is 0 Å². The number of hydrogen-bond donors (Lipinski definition) is 0. The molecule has 1 unspecified atom stereocenters. The predicted octanol–water partition coefficient (Wildman–Crippen LogP) is 0.450. The molecule has 0 heterocycles. The molecule has 0 fully saturated rings. The SMILES string of the molecule is C.C.C.P.[AlH3].[CH3][AlH2]. The lowest BCUT2D eigenvalue weighted by molar-refractivity contribution is 2.40. The second-order valence-electron chi connectivity index (χ2n) is 0. The summed E-state index contributed by atoms with van der Waals surface area (Å²) in [5.74, 6) is 2.14. The number of hydrogen-bond acceptors (Lipinski definition) is 0. The summed E-state index contributed by atoms with van der Waals surface area (Å²) < 4.78 is 0. The van der Waals surface area contributed by atoms with E-state index in [1.165, 1.54) is 16.3 Å². The maximum Gasteiger partial charge on any atom is 0.207 e. The fourth-order valence-corrected chi connectivity index (χ4v) is 0. The minimum absolute atomic E-state index is 0. The Morgan fingerprint density at radius 2 is 0.857 bits per heavy atom. The van der Waals surface area contributed by atoms with Crippen LogP contribution in [0.2, 0.25) is 5.79 Å². The molecule has 0 aliphatic carbocycles. The second kappa shape index (κ2) is 141. The van der Waals surface area contributed by atoms with Crippen LogP contribution in [0, 0.1) is 0 Å². The Labute approximate surface area is 71.6 Å². The van der Waals surface area contributed by atoms with Crippen molar-refractivity contribution in [2.75, 3.05) is 0 Å². The van der Waals surface area contributed by atoms with Crippen molar-refractivity contribution in [1.82, 2.24) is 0 Å². The Hall–Kier alpha value is 1.49. The molecule has 0 aliphatic heterocycles. The van der Waals surface area contributed by atoms with E-state index < -0.39 is 0 Å². The molecule has 1 atom stereocenters. The molecule has 0 rings (SSSR count). The lowest BCUT2D eigenvalue weighted by Crippen LogP contribution is -1.13. The fourth-order valence-electron chi connectivity index (χ4n) is 0. The van der Waals surface area contributed by atoms with Crippen molar-refractivity contribution in [3.63, 3.8) is 0 Å². The van der Waals surface area contributed by atoms with Crippen LogP contribution in [-0.2, 0) is 0 Å². The quantitative estimate of drug-likeness (QED) is 0.353. The topological polar surface area (TPSA) is 0 Å². The van der Waals surface area contributed by atoms with E-state index in [0.29, 0.717) is 0 Å². The molecule has 0 aromatic carbocycles. The zero-order valence-corrected chi connectivity index (χ0v) is 6.12. The largest absolute Gasteiger partial charge is 0.207 e. The Balaban J connectivity index is -0.000000000500. The molecular weight excluding hydrogens is 133 g/mol. The molecule has 0 nitrogen and oxygen atoms in total. The maximum atomic E-state index is 2.14. The smallest absolute Gasteiger partial charge is 0.153 e. The van der Waals surface area contributed by atoms with Gasteiger partial charge in [0.1, 0.15) is 0 Å². The van der Waals surface area contributed by atoms with E-state index in [0.717, 1.165) is 0 Å². The summed E-state index contributed by atoms with van der Waals surface area (Å²) in [6.45, 7) is 0. The number of rotatable bonds is 0. The molecule has 7 heavy (non-hydrogen) atoms. The van der Waals surface area contributed by atoms with Gasteiger partial charge < -0.3 is 0 Å². The first-order valence-corrected chi connectivity index (χ1v) is 3.00. The van der Waals surface area contributed by atoms with Crippen molar-refractivity contribution in [1.29, 1.82) is 0 Å². The normalized spacial score (nSPS) is 0.714. The van der Waals surface area contributed by atoms with Crippen LogP contribution in [0.15, 0.2) is 0 Å². The summed E-state index contributed by atoms with van der Waals surface area (Å²) in [4.78, 5) is 0. The molecule has 50 valence electrons. The first kappa shape index (κ1) is 76.7. The summed E-state index contributed by atoms with van der Waals surface area (Å²) in [5, 5.41) is 0. The minimum atomic E-state index is 0. The van der Waals surface area contributed by atoms with Gasteiger partial charge >= 0.3 is 0 Å². The minimum Gasteiger partial charge on any atom is -0.153 e. The summed E-state index contributed by atoms with van der Waals surface area (Å²) in [5.41, 5.74) is 0. The van der Waals surface area contributed by atoms with E-state index in [4.69, 9.17) is 0 Å². The first-order valence-electron chi connectivity index (χ1n) is 1.00. The predicted molar refractivity (Wildman–Crippen MR) is 55.6 cm³/mol. The van der Waals surface area contributed by atoms with E-state index in [1.807, 2.05) is 0 Å². The average molecular weight is 156 g/mol. The lowest BCUT2D eigenvalue weighted by atomic mass is 11.9. The van der Waals surface area contributed by atoms with Crippen LogP contribution in [0.5, 0.6) is 0 Å². The van der Waals surface area contributed by atoms with Gasteiger partial charge in [-0.3, -0.25) is 0 Å². The molecule has 0 saturated carbocycles. The molecule has 3 heteroatoms. The van der Waals surface area contributed by atoms with Crippen LogP contribution >= 0.6 is 9.90 Å². The highest BCUT2D eigenvalue weighted by Gasteiger charge is 1.06. The molecule has 0 saturated heterocycles. The van der Waals surface area contributed by atoms with Crippen molar-refractivity contribution in [2.45, 2.75) is 28.1 Å². The fraction of sp³-hybridized carbons (Fsp3) is 1.00. The van der Waals surface area contributed by atoms with Gasteiger partial charge in [-0.05, 0) is 0 Å². The third-order valence-corrected chi connectivity index (χ3v) is 0. The zero-order valence-electron chi connectivity index (χ0n) is 2.71. The van der Waals surface area contributed by atoms with E-state index in [2.05, 4.69) is 5.79 Å². The molecule has 0 aliphatic rings. The summed E-state index contributed by atoms with van der Waals surface area (Å²) in [6.07, 6.45) is 0. The zero-order chi connectivity index (χ0) is 2.00. The molecule has 0 radical (unpaired) electrons. The van der Waals surface area contributed by atoms with Crippen LogP contribution in [0.1, 0.15) is 22.3 Å². The molecule has 0 aromatic rings. The highest BCUT2D eigenvalue weighted by molar-refractivity contribution is 6.92. The molecule has 0 spiro atoms. The van der Waals surface area contributed by atoms with E-state index in [9.17, 15) is 0 Å². The molecule has 0 amide bonds. The first-order chi connectivity index (χ1) is 1.00. The van der Waals surface area contributed by atoms with E-state index >= 15 is 0 Å². The molecule has 0 bridgehead atoms. The Bertz CT molecular complexity index is 9.65. The average Bonchev–Trinajstić information content (AvgIpc) is 1.00. The van der Waals surface area contributed by atoms with Crippen LogP contribution < -0.4 is 0 Å². The van der Waals surface area contributed by atoms with Crippen LogP contribution in [0.25, 0.3) is 0 Å². The van der Waals surface area contributed by atoms with Crippen LogP contribution in [0.4, 0.5) is 0 Å². The Morgan fingerprint density at radius 3 is 0.857 bits per heavy atom. The lowest BCUT2D eigenvalue weighted by Gasteiger charge is -0.965. The van der Waals surface area contributed by atoms with Crippen molar-refractivity contribution in [3.05, 3.63) is 0 Å². The van der Waals surface area contributed by atoms with Gasteiger partial charge in [-0.15, -0.1) is 5.79 Å². The van der Waals surface area contributed by atoms with Gasteiger partial charge in [0.25, 0.3) is 0 Å². The Kier molecular flexibility index (Phi) is 1550. The van der Waals surface area contributed by atoms with Gasteiger partial charge in [0.15, 0.2) is 17.4 Å². The van der Waals surface area contributed by atoms with E-state index in [1.54, 1.807) is 0 Å². The van der Waals surface area contributed by atoms with Gasteiger partial charge in [-0.1, -0.05) is 22.3 Å². The van der Waals surface area contributed by atoms with Crippen molar-refractivity contribution in [2.24, 2.45) is 0 Å². The van der Waals surface area contributed by atoms with Crippen molar-refractivity contribution in [3.8, 4) is 0 Å². The monoisotopic (exact) mass is 156 g/mol. The van der Waals surface area contributed by atoms with Gasteiger partial charge in [0.05, 0.1) is 0 Å². The van der Waals surface area contributed by atoms with Gasteiger partial charge in [-0.25, -0.2) is 0 Å². The highest BCUT2D eigenvalue weighted by Crippen LogP contribution is 0.960. The maximum absolute atomic E-state index is 2.14.